The number of para-hydroxylation sites is 2. The lowest BCUT2D eigenvalue weighted by Crippen LogP contribution is -2.16. The summed E-state index contributed by atoms with van der Waals surface area (Å²) in [5.74, 6) is 0.794. The first kappa shape index (κ1) is 31.1. The fraction of sp³-hybridized carbons (Fsp3) is 0.186. The van der Waals surface area contributed by atoms with Crippen LogP contribution in [0, 0.1) is 0 Å². The molecule has 48 heavy (non-hydrogen) atoms. The molecule has 0 aliphatic rings. The van der Waals surface area contributed by atoms with Crippen LogP contribution in [0.15, 0.2) is 128 Å². The topological polar surface area (TPSA) is 63.8 Å². The van der Waals surface area contributed by atoms with Gasteiger partial charge < -0.3 is 5.11 Å². The molecule has 0 radical (unpaired) electrons. The second-order valence-corrected chi connectivity index (χ2v) is 14.5. The lowest BCUT2D eigenvalue weighted by Gasteiger charge is -2.26. The Bertz CT molecular complexity index is 2220. The highest BCUT2D eigenvalue weighted by Crippen LogP contribution is 2.40. The molecule has 4 aromatic carbocycles. The number of aromatic hydroxyl groups is 1. The summed E-state index contributed by atoms with van der Waals surface area (Å²) in [6.45, 7) is 13.6. The van der Waals surface area contributed by atoms with Crippen LogP contribution < -0.4 is 0 Å². The highest BCUT2D eigenvalue weighted by atomic mass is 16.3. The van der Waals surface area contributed by atoms with Crippen LogP contribution >= 0.6 is 0 Å². The Hall–Kier alpha value is -5.55. The van der Waals surface area contributed by atoms with E-state index in [4.69, 9.17) is 15.0 Å². The van der Waals surface area contributed by atoms with Gasteiger partial charge in [-0.1, -0.05) is 96.1 Å². The molecule has 3 heterocycles. The predicted octanol–water partition coefficient (Wildman–Crippen LogP) is 10.8. The van der Waals surface area contributed by atoms with Gasteiger partial charge in [-0.15, -0.1) is 0 Å². The van der Waals surface area contributed by atoms with Crippen molar-refractivity contribution in [2.24, 2.45) is 0 Å². The summed E-state index contributed by atoms with van der Waals surface area (Å²) in [5.41, 5.74) is 11.8. The molecule has 1 N–H and O–H groups in total. The number of phenols is 1. The number of rotatable bonds is 5. The maximum atomic E-state index is 11.0. The second kappa shape index (κ2) is 11.9. The van der Waals surface area contributed by atoms with Crippen molar-refractivity contribution in [2.45, 2.75) is 52.4 Å². The van der Waals surface area contributed by atoms with Crippen molar-refractivity contribution in [1.29, 1.82) is 0 Å². The zero-order valence-corrected chi connectivity index (χ0v) is 28.4. The number of aromatic nitrogens is 4. The third-order valence-corrected chi connectivity index (χ3v) is 8.91. The molecule has 5 nitrogen and oxygen atoms in total. The lowest BCUT2D eigenvalue weighted by atomic mass is 9.78. The number of phenolic OH excluding ortho intramolecular Hbond substituents is 1. The van der Waals surface area contributed by atoms with Crippen LogP contribution in [-0.4, -0.2) is 24.6 Å². The van der Waals surface area contributed by atoms with Crippen LogP contribution in [0.1, 0.15) is 52.7 Å². The molecule has 0 saturated carbocycles. The number of nitrogens with zero attached hydrogens (tertiary/aromatic N) is 4. The number of imidazole rings is 1. The van der Waals surface area contributed by atoms with Gasteiger partial charge >= 0.3 is 0 Å². The summed E-state index contributed by atoms with van der Waals surface area (Å²) < 4.78 is 2.03. The first-order valence-electron chi connectivity index (χ1n) is 16.4. The Morgan fingerprint density at radius 3 is 1.83 bits per heavy atom. The van der Waals surface area contributed by atoms with Crippen molar-refractivity contribution >= 4 is 11.2 Å². The van der Waals surface area contributed by atoms with E-state index in [1.807, 2.05) is 83.7 Å². The Labute approximate surface area is 282 Å². The summed E-state index contributed by atoms with van der Waals surface area (Å²) in [6, 6.07) is 39.2. The number of hydrogen-bond acceptors (Lipinski definition) is 4. The van der Waals surface area contributed by atoms with E-state index in [0.29, 0.717) is 17.0 Å². The minimum absolute atomic E-state index is 0.0155. The summed E-state index contributed by atoms with van der Waals surface area (Å²) in [6.07, 6.45) is 3.68. The molecule has 0 aliphatic carbocycles. The van der Waals surface area contributed by atoms with Gasteiger partial charge in [0, 0.05) is 29.2 Å². The lowest BCUT2D eigenvalue weighted by molar-refractivity contribution is 0.477. The molecule has 0 spiro atoms. The molecule has 0 amide bonds. The van der Waals surface area contributed by atoms with E-state index < -0.39 is 0 Å². The van der Waals surface area contributed by atoms with Gasteiger partial charge in [-0.3, -0.25) is 9.55 Å². The van der Waals surface area contributed by atoms with Gasteiger partial charge in [-0.2, -0.15) is 0 Å². The molecule has 0 fully saturated rings. The second-order valence-electron chi connectivity index (χ2n) is 14.5. The van der Waals surface area contributed by atoms with Gasteiger partial charge in [0.1, 0.15) is 11.3 Å². The van der Waals surface area contributed by atoms with Crippen LogP contribution in [0.3, 0.4) is 0 Å². The normalized spacial score (nSPS) is 12.0. The van der Waals surface area contributed by atoms with Crippen molar-refractivity contribution < 1.29 is 5.11 Å². The van der Waals surface area contributed by atoms with Gasteiger partial charge in [-0.05, 0) is 99.3 Å². The van der Waals surface area contributed by atoms with Gasteiger partial charge in [0.05, 0.1) is 11.3 Å². The highest BCUT2D eigenvalue weighted by Gasteiger charge is 2.23. The van der Waals surface area contributed by atoms with Crippen molar-refractivity contribution in [1.82, 2.24) is 19.5 Å². The first-order valence-corrected chi connectivity index (χ1v) is 16.4. The molecule has 0 aliphatic heterocycles. The minimum Gasteiger partial charge on any atom is -0.507 e. The third kappa shape index (κ3) is 5.88. The third-order valence-electron chi connectivity index (χ3n) is 8.91. The molecule has 0 unspecified atom stereocenters. The van der Waals surface area contributed by atoms with E-state index in [1.54, 1.807) is 6.07 Å². The van der Waals surface area contributed by atoms with Crippen molar-refractivity contribution in [2.75, 3.05) is 0 Å². The zero-order chi connectivity index (χ0) is 33.6. The fourth-order valence-corrected chi connectivity index (χ4v) is 6.16. The van der Waals surface area contributed by atoms with E-state index in [1.165, 1.54) is 16.7 Å². The molecule has 5 heteroatoms. The Kier molecular flexibility index (Phi) is 7.71. The van der Waals surface area contributed by atoms with Gasteiger partial charge in [-0.25, -0.2) is 9.97 Å². The summed E-state index contributed by atoms with van der Waals surface area (Å²) in [4.78, 5) is 14.8. The largest absolute Gasteiger partial charge is 0.507 e. The smallest absolute Gasteiger partial charge is 0.165 e. The van der Waals surface area contributed by atoms with E-state index in [0.717, 1.165) is 39.2 Å². The van der Waals surface area contributed by atoms with Gasteiger partial charge in [0.2, 0.25) is 0 Å². The summed E-state index contributed by atoms with van der Waals surface area (Å²) in [7, 11) is 0. The summed E-state index contributed by atoms with van der Waals surface area (Å²) in [5, 5.41) is 11.0. The maximum absolute atomic E-state index is 11.0. The number of benzene rings is 4. The van der Waals surface area contributed by atoms with Crippen molar-refractivity contribution in [3.63, 3.8) is 0 Å². The quantitative estimate of drug-likeness (QED) is 0.206. The standard InChI is InChI=1S/C43H40N4O/c1-42(2,3)32-25-29(26-33(27-32)43(4,5)6)28-22-30(24-31(23-28)37-17-12-13-20-44-37)35-19-21-45-41-39(35)46-40(36-16-10-11-18-38(36)48)47(41)34-14-8-7-9-15-34/h7-27,48H,1-6H3. The fourth-order valence-electron chi connectivity index (χ4n) is 6.16. The zero-order valence-electron chi connectivity index (χ0n) is 28.4. The minimum atomic E-state index is -0.0155. The molecule has 238 valence electrons. The Morgan fingerprint density at radius 1 is 0.542 bits per heavy atom. The molecular formula is C43H40N4O. The van der Waals surface area contributed by atoms with Crippen molar-refractivity contribution in [3.05, 3.63) is 139 Å². The SMILES string of the molecule is CC(C)(C)c1cc(-c2cc(-c3ccccn3)cc(-c3ccnc4c3nc(-c3ccccc3O)n4-c3ccccc3)c2)cc(C(C)(C)C)c1. The average molecular weight is 629 g/mol. The maximum Gasteiger partial charge on any atom is 0.165 e. The predicted molar refractivity (Wildman–Crippen MR) is 197 cm³/mol. The van der Waals surface area contributed by atoms with Crippen LogP contribution in [0.4, 0.5) is 0 Å². The summed E-state index contributed by atoms with van der Waals surface area (Å²) >= 11 is 0. The molecular weight excluding hydrogens is 589 g/mol. The first-order chi connectivity index (χ1) is 23.0. The molecule has 7 aromatic rings. The Balaban J connectivity index is 1.52. The Morgan fingerprint density at radius 2 is 1.17 bits per heavy atom. The van der Waals surface area contributed by atoms with E-state index in [-0.39, 0.29) is 16.6 Å². The molecule has 0 saturated heterocycles. The number of pyridine rings is 2. The molecule has 7 rings (SSSR count). The van der Waals surface area contributed by atoms with Gasteiger partial charge in [0.15, 0.2) is 11.5 Å². The van der Waals surface area contributed by atoms with Gasteiger partial charge in [0.25, 0.3) is 0 Å². The molecule has 3 aromatic heterocycles. The molecule has 0 bridgehead atoms. The average Bonchev–Trinajstić information content (AvgIpc) is 3.48. The van der Waals surface area contributed by atoms with Crippen LogP contribution in [0.25, 0.3) is 61.8 Å². The van der Waals surface area contributed by atoms with Crippen molar-refractivity contribution in [3.8, 4) is 56.3 Å². The van der Waals surface area contributed by atoms with Crippen LogP contribution in [0.5, 0.6) is 5.75 Å². The van der Waals surface area contributed by atoms with E-state index >= 15 is 0 Å². The number of fused-ring (bicyclic) bond motifs is 1. The van der Waals surface area contributed by atoms with Crippen LogP contribution in [0.2, 0.25) is 0 Å². The molecule has 0 atom stereocenters. The monoisotopic (exact) mass is 628 g/mol. The van der Waals surface area contributed by atoms with E-state index in [9.17, 15) is 5.11 Å². The number of hydrogen-bond donors (Lipinski definition) is 1. The highest BCUT2D eigenvalue weighted by molar-refractivity contribution is 5.95. The van der Waals surface area contributed by atoms with Crippen LogP contribution in [-0.2, 0) is 10.8 Å². The van der Waals surface area contributed by atoms with E-state index in [2.05, 4.69) is 84.0 Å².